The summed E-state index contributed by atoms with van der Waals surface area (Å²) in [5.41, 5.74) is 1.46. The van der Waals surface area contributed by atoms with E-state index < -0.39 is 4.92 Å². The van der Waals surface area contributed by atoms with E-state index in [9.17, 15) is 10.1 Å². The number of hydrogen-bond donors (Lipinski definition) is 1. The van der Waals surface area contributed by atoms with E-state index >= 15 is 0 Å². The van der Waals surface area contributed by atoms with Crippen LogP contribution < -0.4 is 5.32 Å². The molecule has 0 bridgehead atoms. The molecule has 0 aliphatic heterocycles. The van der Waals surface area contributed by atoms with Gasteiger partial charge in [-0.1, -0.05) is 0 Å². The van der Waals surface area contributed by atoms with Gasteiger partial charge in [-0.3, -0.25) is 19.8 Å². The van der Waals surface area contributed by atoms with Gasteiger partial charge in [0.15, 0.2) is 0 Å². The lowest BCUT2D eigenvalue weighted by Crippen LogP contribution is -2.12. The van der Waals surface area contributed by atoms with Gasteiger partial charge in [0, 0.05) is 18.9 Å². The number of nitrogens with one attached hydrogen (secondary N) is 1. The molecule has 19 heavy (non-hydrogen) atoms. The van der Waals surface area contributed by atoms with Gasteiger partial charge in [0.25, 0.3) is 0 Å². The molecule has 0 saturated heterocycles. The van der Waals surface area contributed by atoms with Gasteiger partial charge >= 0.3 is 5.69 Å². The molecule has 1 N–H and O–H groups in total. The van der Waals surface area contributed by atoms with Crippen LogP contribution in [-0.4, -0.2) is 26.2 Å². The lowest BCUT2D eigenvalue weighted by atomic mass is 10.3. The smallest absolute Gasteiger partial charge is 0.311 e. The topological polar surface area (TPSA) is 85.9 Å². The summed E-state index contributed by atoms with van der Waals surface area (Å²) in [4.78, 5) is 14.2. The summed E-state index contributed by atoms with van der Waals surface area (Å²) < 4.78 is 2.35. The van der Waals surface area contributed by atoms with Crippen LogP contribution in [0, 0.1) is 17.0 Å². The summed E-state index contributed by atoms with van der Waals surface area (Å²) in [7, 11) is 0. The van der Waals surface area contributed by atoms with Gasteiger partial charge in [0.05, 0.1) is 22.1 Å². The van der Waals surface area contributed by atoms with E-state index in [0.29, 0.717) is 23.2 Å². The number of hydrogen-bond acceptors (Lipinski definition) is 5. The highest BCUT2D eigenvalue weighted by molar-refractivity contribution is 9.10. The summed E-state index contributed by atoms with van der Waals surface area (Å²) in [5.74, 6) is 0. The second-order valence-corrected chi connectivity index (χ2v) is 4.83. The summed E-state index contributed by atoms with van der Waals surface area (Å²) in [5, 5.41) is 18.1. The Labute approximate surface area is 117 Å². The maximum Gasteiger partial charge on any atom is 0.311 e. The number of nitrogens with zero attached hydrogens (tertiary/aromatic N) is 4. The maximum absolute atomic E-state index is 10.9. The van der Waals surface area contributed by atoms with Gasteiger partial charge < -0.3 is 5.32 Å². The fourth-order valence-electron chi connectivity index (χ4n) is 1.62. The van der Waals surface area contributed by atoms with Crippen LogP contribution in [0.2, 0.25) is 0 Å². The monoisotopic (exact) mass is 325 g/mol. The molecule has 0 unspecified atom stereocenters. The highest BCUT2D eigenvalue weighted by atomic mass is 79.9. The summed E-state index contributed by atoms with van der Waals surface area (Å²) >= 11 is 3.25. The number of anilines is 1. The molecule has 0 aliphatic rings. The van der Waals surface area contributed by atoms with Crippen molar-refractivity contribution in [1.29, 1.82) is 0 Å². The third-order valence-corrected chi connectivity index (χ3v) is 3.08. The second-order valence-electron chi connectivity index (χ2n) is 3.98. The highest BCUT2D eigenvalue weighted by Gasteiger charge is 2.16. The Morgan fingerprint density at radius 3 is 2.89 bits per heavy atom. The summed E-state index contributed by atoms with van der Waals surface area (Å²) in [6.07, 6.45) is 6.43. The molecule has 2 aromatic heterocycles. The average molecular weight is 326 g/mol. The molecule has 0 aromatic carbocycles. The van der Waals surface area contributed by atoms with Crippen molar-refractivity contribution in [2.75, 3.05) is 11.9 Å². The minimum atomic E-state index is -0.460. The second kappa shape index (κ2) is 5.79. The van der Waals surface area contributed by atoms with Gasteiger partial charge in [-0.05, 0) is 28.4 Å². The molecule has 0 atom stereocenters. The van der Waals surface area contributed by atoms with Crippen molar-refractivity contribution in [1.82, 2.24) is 14.8 Å². The molecule has 0 saturated carbocycles. The third-order valence-electron chi connectivity index (χ3n) is 2.48. The normalized spacial score (nSPS) is 10.4. The maximum atomic E-state index is 10.9. The number of rotatable bonds is 5. The molecule has 2 heterocycles. The SMILES string of the molecule is Cc1cnn(CCNc2c(Br)cncc2[N+](=O)[O-])c1. The first-order valence-electron chi connectivity index (χ1n) is 5.59. The van der Waals surface area contributed by atoms with E-state index in [1.54, 1.807) is 10.9 Å². The van der Waals surface area contributed by atoms with E-state index in [1.807, 2.05) is 13.1 Å². The molecule has 8 heteroatoms. The Hall–Kier alpha value is -1.96. The van der Waals surface area contributed by atoms with Crippen molar-refractivity contribution in [3.8, 4) is 0 Å². The van der Waals surface area contributed by atoms with Crippen LogP contribution in [0.15, 0.2) is 29.3 Å². The Kier molecular flexibility index (Phi) is 4.10. The Morgan fingerprint density at radius 1 is 1.47 bits per heavy atom. The van der Waals surface area contributed by atoms with Crippen molar-refractivity contribution < 1.29 is 4.92 Å². The molecule has 2 rings (SSSR count). The van der Waals surface area contributed by atoms with Crippen molar-refractivity contribution >= 4 is 27.3 Å². The number of pyridine rings is 1. The van der Waals surface area contributed by atoms with Crippen LogP contribution in [0.25, 0.3) is 0 Å². The molecule has 0 amide bonds. The van der Waals surface area contributed by atoms with Crippen molar-refractivity contribution in [3.05, 3.63) is 44.9 Å². The van der Waals surface area contributed by atoms with Crippen molar-refractivity contribution in [3.63, 3.8) is 0 Å². The predicted octanol–water partition coefficient (Wildman–Crippen LogP) is 2.37. The quantitative estimate of drug-likeness (QED) is 0.673. The fourth-order valence-corrected chi connectivity index (χ4v) is 2.08. The van der Waals surface area contributed by atoms with E-state index in [1.165, 1.54) is 12.4 Å². The lowest BCUT2D eigenvalue weighted by Gasteiger charge is -2.08. The molecule has 0 aliphatic carbocycles. The zero-order valence-electron chi connectivity index (χ0n) is 10.2. The molecule has 7 nitrogen and oxygen atoms in total. The molecule has 0 radical (unpaired) electrons. The third kappa shape index (κ3) is 3.28. The van der Waals surface area contributed by atoms with Gasteiger partial charge in [-0.2, -0.15) is 5.10 Å². The molecule has 0 fully saturated rings. The summed E-state index contributed by atoms with van der Waals surface area (Å²) in [6, 6.07) is 0. The first kappa shape index (κ1) is 13.5. The highest BCUT2D eigenvalue weighted by Crippen LogP contribution is 2.30. The lowest BCUT2D eigenvalue weighted by molar-refractivity contribution is -0.384. The number of halogens is 1. The predicted molar refractivity (Wildman–Crippen MR) is 74.0 cm³/mol. The van der Waals surface area contributed by atoms with Crippen LogP contribution in [-0.2, 0) is 6.54 Å². The van der Waals surface area contributed by atoms with Crippen LogP contribution in [0.5, 0.6) is 0 Å². The molecule has 0 spiro atoms. The molecule has 2 aromatic rings. The van der Waals surface area contributed by atoms with Gasteiger partial charge in [0.1, 0.15) is 11.9 Å². The van der Waals surface area contributed by atoms with Crippen LogP contribution >= 0.6 is 15.9 Å². The molecular weight excluding hydrogens is 314 g/mol. The molecular formula is C11H12BrN5O2. The summed E-state index contributed by atoms with van der Waals surface area (Å²) in [6.45, 7) is 3.12. The average Bonchev–Trinajstić information content (AvgIpc) is 2.77. The van der Waals surface area contributed by atoms with Crippen molar-refractivity contribution in [2.45, 2.75) is 13.5 Å². The van der Waals surface area contributed by atoms with Gasteiger partial charge in [0.2, 0.25) is 0 Å². The Bertz CT molecular complexity index is 599. The minimum absolute atomic E-state index is 0.0500. The van der Waals surface area contributed by atoms with Crippen LogP contribution in [0.3, 0.4) is 0 Å². The molecule has 100 valence electrons. The van der Waals surface area contributed by atoms with E-state index in [4.69, 9.17) is 0 Å². The number of aryl methyl sites for hydroxylation is 1. The van der Waals surface area contributed by atoms with Gasteiger partial charge in [-0.15, -0.1) is 0 Å². The first-order chi connectivity index (χ1) is 9.08. The van der Waals surface area contributed by atoms with Crippen LogP contribution in [0.4, 0.5) is 11.4 Å². The van der Waals surface area contributed by atoms with Crippen molar-refractivity contribution in [2.24, 2.45) is 0 Å². The zero-order valence-corrected chi connectivity index (χ0v) is 11.8. The zero-order chi connectivity index (χ0) is 13.8. The van der Waals surface area contributed by atoms with Gasteiger partial charge in [-0.25, -0.2) is 0 Å². The van der Waals surface area contributed by atoms with Crippen LogP contribution in [0.1, 0.15) is 5.56 Å². The Morgan fingerprint density at radius 2 is 2.26 bits per heavy atom. The minimum Gasteiger partial charge on any atom is -0.377 e. The van der Waals surface area contributed by atoms with E-state index in [2.05, 4.69) is 31.3 Å². The fraction of sp³-hybridized carbons (Fsp3) is 0.273. The van der Waals surface area contributed by atoms with E-state index in [-0.39, 0.29) is 5.69 Å². The van der Waals surface area contributed by atoms with E-state index in [0.717, 1.165) is 5.56 Å². The number of nitro groups is 1. The Balaban J connectivity index is 2.05. The standard InChI is InChI=1S/C11H12BrN5O2/c1-8-4-15-16(7-8)3-2-14-11-9(12)5-13-6-10(11)17(18)19/h4-7H,2-3H2,1H3,(H,13,14). The first-order valence-corrected chi connectivity index (χ1v) is 6.38. The number of aromatic nitrogens is 3. The largest absolute Gasteiger partial charge is 0.377 e.